The summed E-state index contributed by atoms with van der Waals surface area (Å²) in [5.41, 5.74) is 0.980. The van der Waals surface area contributed by atoms with Crippen LogP contribution in [0.25, 0.3) is 0 Å². The van der Waals surface area contributed by atoms with Gasteiger partial charge in [-0.15, -0.1) is 0 Å². The maximum absolute atomic E-state index is 13.2. The molecule has 0 saturated carbocycles. The molecule has 0 amide bonds. The molecule has 0 unspecified atom stereocenters. The molecule has 1 aromatic carbocycles. The van der Waals surface area contributed by atoms with Gasteiger partial charge in [0, 0.05) is 0 Å². The van der Waals surface area contributed by atoms with E-state index in [2.05, 4.69) is 45.2 Å². The topological polar surface area (TPSA) is 42.7 Å². The minimum atomic E-state index is -0.258. The summed E-state index contributed by atoms with van der Waals surface area (Å²) in [7, 11) is 0. The van der Waals surface area contributed by atoms with Gasteiger partial charge in [0.2, 0.25) is 0 Å². The fraction of sp³-hybridized carbons (Fsp3) is 0.429. The predicted molar refractivity (Wildman–Crippen MR) is 79.8 cm³/mol. The summed E-state index contributed by atoms with van der Waals surface area (Å²) >= 11 is 3.19. The summed E-state index contributed by atoms with van der Waals surface area (Å²) in [5, 5.41) is 7.56. The summed E-state index contributed by atoms with van der Waals surface area (Å²) in [5.74, 6) is 1.22. The first-order chi connectivity index (χ1) is 9.56. The predicted octanol–water partition coefficient (Wildman–Crippen LogP) is 2.97. The third-order valence-corrected chi connectivity index (χ3v) is 3.46. The van der Waals surface area contributed by atoms with E-state index >= 15 is 0 Å². The molecule has 2 rings (SSSR count). The summed E-state index contributed by atoms with van der Waals surface area (Å²) < 4.78 is 15.5. The number of halogens is 2. The zero-order valence-corrected chi connectivity index (χ0v) is 13.2. The minimum absolute atomic E-state index is 0.258. The molecule has 1 aromatic heterocycles. The second-order valence-electron chi connectivity index (χ2n) is 5.11. The lowest BCUT2D eigenvalue weighted by Gasteiger charge is -2.09. The van der Waals surface area contributed by atoms with Gasteiger partial charge in [-0.25, -0.2) is 14.1 Å². The van der Waals surface area contributed by atoms with E-state index in [0.717, 1.165) is 17.9 Å². The number of hydrogen-bond donors (Lipinski definition) is 1. The number of hydrogen-bond acceptors (Lipinski definition) is 3. The molecule has 2 aromatic rings. The molecule has 0 aliphatic rings. The smallest absolute Gasteiger partial charge is 0.141 e. The molecule has 0 radical (unpaired) electrons. The molecule has 0 aliphatic carbocycles. The second-order valence-corrected chi connectivity index (χ2v) is 5.96. The lowest BCUT2D eigenvalue weighted by molar-refractivity contribution is 0.523. The van der Waals surface area contributed by atoms with Crippen molar-refractivity contribution >= 4 is 15.9 Å². The molecule has 1 heterocycles. The number of aromatic nitrogens is 3. The molecule has 0 atom stereocenters. The molecule has 20 heavy (non-hydrogen) atoms. The van der Waals surface area contributed by atoms with Gasteiger partial charge < -0.3 is 5.32 Å². The van der Waals surface area contributed by atoms with Crippen LogP contribution in [0, 0.1) is 11.7 Å². The van der Waals surface area contributed by atoms with Gasteiger partial charge in [-0.05, 0) is 46.1 Å². The molecule has 0 saturated heterocycles. The molecular weight excluding hydrogens is 323 g/mol. The number of benzene rings is 1. The Morgan fingerprint density at radius 2 is 2.20 bits per heavy atom. The zero-order chi connectivity index (χ0) is 14.5. The number of nitrogens with one attached hydrogen (secondary N) is 1. The Hall–Kier alpha value is -1.27. The van der Waals surface area contributed by atoms with Gasteiger partial charge >= 0.3 is 0 Å². The number of rotatable bonds is 6. The van der Waals surface area contributed by atoms with Gasteiger partial charge in [-0.2, -0.15) is 5.10 Å². The molecule has 1 N–H and O–H groups in total. The van der Waals surface area contributed by atoms with Crippen LogP contribution >= 0.6 is 15.9 Å². The van der Waals surface area contributed by atoms with Gasteiger partial charge in [0.25, 0.3) is 0 Å². The Kier molecular flexibility index (Phi) is 5.25. The first kappa shape index (κ1) is 15.1. The van der Waals surface area contributed by atoms with Crippen LogP contribution in [-0.2, 0) is 13.1 Å². The van der Waals surface area contributed by atoms with Crippen molar-refractivity contribution in [2.45, 2.75) is 26.9 Å². The highest BCUT2D eigenvalue weighted by Gasteiger charge is 2.07. The van der Waals surface area contributed by atoms with Crippen molar-refractivity contribution in [1.82, 2.24) is 20.1 Å². The lowest BCUT2D eigenvalue weighted by Crippen LogP contribution is -2.22. The fourth-order valence-corrected chi connectivity index (χ4v) is 2.27. The van der Waals surface area contributed by atoms with Gasteiger partial charge in [0.1, 0.15) is 18.0 Å². The quantitative estimate of drug-likeness (QED) is 0.878. The van der Waals surface area contributed by atoms with Gasteiger partial charge in [0.05, 0.1) is 17.6 Å². The lowest BCUT2D eigenvalue weighted by atomic mass is 10.2. The first-order valence-corrected chi connectivity index (χ1v) is 7.37. The van der Waals surface area contributed by atoms with Crippen molar-refractivity contribution in [2.24, 2.45) is 5.92 Å². The molecule has 108 valence electrons. The SMILES string of the molecule is CC(C)CNCc1ncnn1Cc1ccc(F)c(Br)c1. The Bertz CT molecular complexity index is 568. The summed E-state index contributed by atoms with van der Waals surface area (Å²) in [4.78, 5) is 4.25. The average Bonchev–Trinajstić information content (AvgIpc) is 2.81. The zero-order valence-electron chi connectivity index (χ0n) is 11.6. The highest BCUT2D eigenvalue weighted by Crippen LogP contribution is 2.17. The summed E-state index contributed by atoms with van der Waals surface area (Å²) in [6.07, 6.45) is 1.55. The summed E-state index contributed by atoms with van der Waals surface area (Å²) in [6, 6.07) is 4.97. The van der Waals surface area contributed by atoms with Crippen LogP contribution in [-0.4, -0.2) is 21.3 Å². The van der Waals surface area contributed by atoms with E-state index in [1.807, 2.05) is 4.68 Å². The van der Waals surface area contributed by atoms with E-state index in [4.69, 9.17) is 0 Å². The van der Waals surface area contributed by atoms with Crippen LogP contribution in [0.15, 0.2) is 29.0 Å². The third kappa shape index (κ3) is 4.11. The molecule has 0 bridgehead atoms. The molecule has 0 fully saturated rings. The number of nitrogens with zero attached hydrogens (tertiary/aromatic N) is 3. The second kappa shape index (κ2) is 6.95. The van der Waals surface area contributed by atoms with E-state index < -0.39 is 0 Å². The van der Waals surface area contributed by atoms with Crippen molar-refractivity contribution in [3.05, 3.63) is 46.2 Å². The van der Waals surface area contributed by atoms with Crippen molar-refractivity contribution in [3.63, 3.8) is 0 Å². The highest BCUT2D eigenvalue weighted by molar-refractivity contribution is 9.10. The van der Waals surface area contributed by atoms with Crippen LogP contribution in [0.2, 0.25) is 0 Å². The van der Waals surface area contributed by atoms with Crippen molar-refractivity contribution < 1.29 is 4.39 Å². The monoisotopic (exact) mass is 340 g/mol. The van der Waals surface area contributed by atoms with E-state index in [9.17, 15) is 4.39 Å². The Morgan fingerprint density at radius 3 is 2.90 bits per heavy atom. The largest absolute Gasteiger partial charge is 0.310 e. The molecule has 4 nitrogen and oxygen atoms in total. The van der Waals surface area contributed by atoms with E-state index in [1.165, 1.54) is 6.07 Å². The molecule has 6 heteroatoms. The van der Waals surface area contributed by atoms with Gasteiger partial charge in [-0.3, -0.25) is 0 Å². The minimum Gasteiger partial charge on any atom is -0.310 e. The van der Waals surface area contributed by atoms with Crippen LogP contribution in [0.1, 0.15) is 25.2 Å². The normalized spacial score (nSPS) is 11.2. The Labute approximate surface area is 126 Å². The molecular formula is C14H18BrFN4. The van der Waals surface area contributed by atoms with E-state index in [1.54, 1.807) is 18.5 Å². The highest BCUT2D eigenvalue weighted by atomic mass is 79.9. The molecule has 0 spiro atoms. The first-order valence-electron chi connectivity index (χ1n) is 6.57. The van der Waals surface area contributed by atoms with Crippen LogP contribution in [0.3, 0.4) is 0 Å². The third-order valence-electron chi connectivity index (χ3n) is 2.85. The summed E-state index contributed by atoms with van der Waals surface area (Å²) in [6.45, 7) is 6.52. The maximum Gasteiger partial charge on any atom is 0.141 e. The Balaban J connectivity index is 2.02. The molecule has 0 aliphatic heterocycles. The van der Waals surface area contributed by atoms with E-state index in [-0.39, 0.29) is 5.82 Å². The van der Waals surface area contributed by atoms with Crippen molar-refractivity contribution in [2.75, 3.05) is 6.54 Å². The van der Waals surface area contributed by atoms with Crippen LogP contribution < -0.4 is 5.32 Å². The fourth-order valence-electron chi connectivity index (χ4n) is 1.84. The van der Waals surface area contributed by atoms with Crippen molar-refractivity contribution in [1.29, 1.82) is 0 Å². The van der Waals surface area contributed by atoms with Crippen LogP contribution in [0.5, 0.6) is 0 Å². The average molecular weight is 341 g/mol. The Morgan fingerprint density at radius 1 is 1.40 bits per heavy atom. The maximum atomic E-state index is 13.2. The standard InChI is InChI=1S/C14H18BrFN4/c1-10(2)6-17-7-14-18-9-19-20(14)8-11-3-4-13(16)12(15)5-11/h3-5,9-10,17H,6-8H2,1-2H3. The van der Waals surface area contributed by atoms with Crippen LogP contribution in [0.4, 0.5) is 4.39 Å². The van der Waals surface area contributed by atoms with Crippen molar-refractivity contribution in [3.8, 4) is 0 Å². The van der Waals surface area contributed by atoms with Gasteiger partial charge in [0.15, 0.2) is 0 Å². The van der Waals surface area contributed by atoms with Gasteiger partial charge in [-0.1, -0.05) is 19.9 Å². The van der Waals surface area contributed by atoms with E-state index in [0.29, 0.717) is 23.5 Å².